The summed E-state index contributed by atoms with van der Waals surface area (Å²) >= 11 is 3.27. The minimum Gasteiger partial charge on any atom is -0.477 e. The van der Waals surface area contributed by atoms with Crippen LogP contribution < -0.4 is 3.11 Å². The lowest BCUT2D eigenvalue weighted by atomic mass is 9.85. The Kier molecular flexibility index (Phi) is 6.98. The van der Waals surface area contributed by atoms with Gasteiger partial charge in [0.15, 0.2) is 0 Å². The molecular weight excluding hydrogens is 509 g/mol. The molecule has 3 aromatic rings. The Morgan fingerprint density at radius 1 is 1.00 bits per heavy atom. The lowest BCUT2D eigenvalue weighted by Crippen LogP contribution is -2.28. The highest BCUT2D eigenvalue weighted by molar-refractivity contribution is 14.1. The molecule has 2 aromatic carbocycles. The second kappa shape index (κ2) is 9.31. The largest absolute Gasteiger partial charge is 0.477 e. The van der Waals surface area contributed by atoms with Crippen LogP contribution in [0.15, 0.2) is 66.7 Å². The van der Waals surface area contributed by atoms with Crippen molar-refractivity contribution >= 4 is 51.8 Å². The second-order valence-corrected chi connectivity index (χ2v) is 10.3. The van der Waals surface area contributed by atoms with Crippen molar-refractivity contribution in [3.05, 3.63) is 87.6 Å². The number of rotatable bonds is 6. The van der Waals surface area contributed by atoms with Crippen LogP contribution in [0.4, 0.5) is 5.69 Å². The van der Waals surface area contributed by atoms with Gasteiger partial charge in [-0.05, 0) is 47.2 Å². The van der Waals surface area contributed by atoms with Crippen molar-refractivity contribution in [3.63, 3.8) is 0 Å². The molecule has 1 unspecified atom stereocenters. The van der Waals surface area contributed by atoms with Gasteiger partial charge in [-0.2, -0.15) is 0 Å². The molecule has 0 saturated carbocycles. The number of anilines is 1. The highest BCUT2D eigenvalue weighted by Gasteiger charge is 2.27. The van der Waals surface area contributed by atoms with E-state index in [-0.39, 0.29) is 16.2 Å². The Bertz CT molecular complexity index is 1020. The van der Waals surface area contributed by atoms with E-state index in [9.17, 15) is 14.7 Å². The van der Waals surface area contributed by atoms with Crippen LogP contribution in [0.2, 0.25) is 0 Å². The van der Waals surface area contributed by atoms with Gasteiger partial charge < -0.3 is 5.11 Å². The molecule has 1 amide bonds. The molecular formula is C24H24INO3S. The van der Waals surface area contributed by atoms with Gasteiger partial charge in [0.05, 0.1) is 34.5 Å². The predicted molar refractivity (Wildman–Crippen MR) is 131 cm³/mol. The lowest BCUT2D eigenvalue weighted by molar-refractivity contribution is -0.118. The van der Waals surface area contributed by atoms with E-state index in [0.29, 0.717) is 6.42 Å². The van der Waals surface area contributed by atoms with Crippen LogP contribution in [0.1, 0.15) is 52.4 Å². The van der Waals surface area contributed by atoms with Crippen LogP contribution in [-0.2, 0) is 16.6 Å². The molecule has 1 heterocycles. The van der Waals surface area contributed by atoms with E-state index in [1.807, 2.05) is 65.3 Å². The number of aromatic carboxylic acids is 1. The van der Waals surface area contributed by atoms with Crippen molar-refractivity contribution in [1.29, 1.82) is 0 Å². The molecule has 1 N–H and O–H groups in total. The fraction of sp³-hybridized carbons (Fsp3) is 0.250. The molecule has 3 rings (SSSR count). The van der Waals surface area contributed by atoms with Gasteiger partial charge >= 0.3 is 5.97 Å². The van der Waals surface area contributed by atoms with Gasteiger partial charge in [-0.15, -0.1) is 11.3 Å². The molecule has 1 aromatic heterocycles. The molecule has 4 nitrogen and oxygen atoms in total. The Hall–Kier alpha value is -2.19. The minimum absolute atomic E-state index is 0.0293. The zero-order valence-corrected chi connectivity index (χ0v) is 20.1. The third-order valence-electron chi connectivity index (χ3n) is 4.93. The summed E-state index contributed by atoms with van der Waals surface area (Å²) in [5.41, 5.74) is 2.98. The van der Waals surface area contributed by atoms with Crippen molar-refractivity contribution in [2.24, 2.45) is 0 Å². The van der Waals surface area contributed by atoms with E-state index < -0.39 is 11.9 Å². The SMILES string of the molecule is CC(C)(C)c1ccc(C(Cc2ccc(C(=O)O)s2)C(=O)N(I)c2ccccc2)cc1. The first-order chi connectivity index (χ1) is 14.2. The minimum atomic E-state index is -0.941. The number of amides is 1. The van der Waals surface area contributed by atoms with Crippen LogP contribution >= 0.6 is 34.2 Å². The second-order valence-electron chi connectivity index (χ2n) is 8.15. The third kappa shape index (κ3) is 5.29. The number of halogens is 1. The molecule has 0 aliphatic carbocycles. The van der Waals surface area contributed by atoms with Gasteiger partial charge in [0, 0.05) is 4.88 Å². The number of carbonyl (C=O) groups is 2. The van der Waals surface area contributed by atoms with Crippen molar-refractivity contribution in [2.75, 3.05) is 3.11 Å². The first-order valence-corrected chi connectivity index (χ1v) is 11.4. The average molecular weight is 533 g/mol. The summed E-state index contributed by atoms with van der Waals surface area (Å²) in [5, 5.41) is 9.24. The Morgan fingerprint density at radius 3 is 2.17 bits per heavy atom. The summed E-state index contributed by atoms with van der Waals surface area (Å²) in [4.78, 5) is 25.9. The zero-order valence-electron chi connectivity index (χ0n) is 17.1. The molecule has 0 aliphatic heterocycles. The summed E-state index contributed by atoms with van der Waals surface area (Å²) in [7, 11) is 0. The molecule has 30 heavy (non-hydrogen) atoms. The Morgan fingerprint density at radius 2 is 1.63 bits per heavy atom. The zero-order chi connectivity index (χ0) is 21.9. The lowest BCUT2D eigenvalue weighted by Gasteiger charge is -2.24. The number of carboxylic acids is 1. The van der Waals surface area contributed by atoms with E-state index in [4.69, 9.17) is 0 Å². The van der Waals surface area contributed by atoms with Crippen LogP contribution in [-0.4, -0.2) is 17.0 Å². The monoisotopic (exact) mass is 533 g/mol. The molecule has 0 saturated heterocycles. The first kappa shape index (κ1) is 22.5. The number of carbonyl (C=O) groups excluding carboxylic acids is 1. The van der Waals surface area contributed by atoms with Gasteiger partial charge in [0.1, 0.15) is 4.88 Å². The van der Waals surface area contributed by atoms with E-state index in [2.05, 4.69) is 32.9 Å². The molecule has 0 radical (unpaired) electrons. The number of hydrogen-bond donors (Lipinski definition) is 1. The highest BCUT2D eigenvalue weighted by atomic mass is 127. The molecule has 1 atom stereocenters. The normalized spacial score (nSPS) is 12.4. The number of para-hydroxylation sites is 1. The highest BCUT2D eigenvalue weighted by Crippen LogP contribution is 2.32. The first-order valence-electron chi connectivity index (χ1n) is 9.64. The van der Waals surface area contributed by atoms with Gasteiger partial charge in [-0.3, -0.25) is 7.91 Å². The van der Waals surface area contributed by atoms with Gasteiger partial charge in [-0.1, -0.05) is 63.2 Å². The number of carboxylic acid groups (broad SMARTS) is 1. The maximum absolute atomic E-state index is 13.5. The summed E-state index contributed by atoms with van der Waals surface area (Å²) in [6, 6.07) is 21.1. The molecule has 6 heteroatoms. The van der Waals surface area contributed by atoms with E-state index in [1.165, 1.54) is 16.9 Å². The van der Waals surface area contributed by atoms with Gasteiger partial charge in [0.25, 0.3) is 0 Å². The van der Waals surface area contributed by atoms with E-state index in [0.717, 1.165) is 16.1 Å². The summed E-state index contributed by atoms with van der Waals surface area (Å²) in [5.74, 6) is -1.38. The molecule has 0 spiro atoms. The fourth-order valence-electron chi connectivity index (χ4n) is 3.19. The number of nitrogens with zero attached hydrogens (tertiary/aromatic N) is 1. The standard InChI is InChI=1S/C24H24INO3S/c1-24(2,3)17-11-9-16(10-12-17)20(15-19-13-14-21(30-19)23(28)29)22(27)26(25)18-7-5-4-6-8-18/h4-14,20H,15H2,1-3H3,(H,28,29). The predicted octanol–water partition coefficient (Wildman–Crippen LogP) is 6.45. The fourth-order valence-corrected chi connectivity index (χ4v) is 4.74. The van der Waals surface area contributed by atoms with Crippen LogP contribution in [0.3, 0.4) is 0 Å². The number of thiophene rings is 1. The van der Waals surface area contributed by atoms with E-state index in [1.54, 1.807) is 15.2 Å². The Balaban J connectivity index is 1.95. The maximum Gasteiger partial charge on any atom is 0.345 e. The van der Waals surface area contributed by atoms with Gasteiger partial charge in [-0.25, -0.2) is 4.79 Å². The average Bonchev–Trinajstić information content (AvgIpc) is 3.20. The van der Waals surface area contributed by atoms with Crippen molar-refractivity contribution in [2.45, 2.75) is 38.5 Å². The van der Waals surface area contributed by atoms with Gasteiger partial charge in [0.2, 0.25) is 5.91 Å². The molecule has 156 valence electrons. The number of benzene rings is 2. The summed E-state index contributed by atoms with van der Waals surface area (Å²) in [6.07, 6.45) is 0.456. The summed E-state index contributed by atoms with van der Waals surface area (Å²) < 4.78 is 1.64. The van der Waals surface area contributed by atoms with Crippen LogP contribution in [0.25, 0.3) is 0 Å². The molecule has 0 bridgehead atoms. The third-order valence-corrected chi connectivity index (χ3v) is 7.06. The Labute approximate surface area is 195 Å². The number of hydrogen-bond acceptors (Lipinski definition) is 3. The quantitative estimate of drug-likeness (QED) is 0.293. The molecule has 0 fully saturated rings. The molecule has 0 aliphatic rings. The van der Waals surface area contributed by atoms with Crippen LogP contribution in [0.5, 0.6) is 0 Å². The van der Waals surface area contributed by atoms with Crippen molar-refractivity contribution in [3.8, 4) is 0 Å². The van der Waals surface area contributed by atoms with E-state index >= 15 is 0 Å². The van der Waals surface area contributed by atoms with Crippen molar-refractivity contribution in [1.82, 2.24) is 0 Å². The van der Waals surface area contributed by atoms with Crippen LogP contribution in [0, 0.1) is 0 Å². The topological polar surface area (TPSA) is 57.6 Å². The smallest absolute Gasteiger partial charge is 0.345 e. The summed E-state index contributed by atoms with van der Waals surface area (Å²) in [6.45, 7) is 6.48. The maximum atomic E-state index is 13.5. The van der Waals surface area contributed by atoms with Crippen molar-refractivity contribution < 1.29 is 14.7 Å².